The van der Waals surface area contributed by atoms with Crippen LogP contribution in [0.5, 0.6) is 0 Å². The third-order valence-corrected chi connectivity index (χ3v) is 4.36. The van der Waals surface area contributed by atoms with Gasteiger partial charge in [0.15, 0.2) is 6.29 Å². The van der Waals surface area contributed by atoms with Crippen molar-refractivity contribution in [1.82, 2.24) is 10.2 Å². The van der Waals surface area contributed by atoms with E-state index in [1.165, 1.54) is 4.90 Å². The lowest BCUT2D eigenvalue weighted by Gasteiger charge is -2.42. The summed E-state index contributed by atoms with van der Waals surface area (Å²) in [6, 6.07) is 9.02. The smallest absolute Gasteiger partial charge is 0.408 e. The van der Waals surface area contributed by atoms with Crippen LogP contribution in [0.4, 0.5) is 4.79 Å². The normalized spacial score (nSPS) is 14.1. The highest BCUT2D eigenvalue weighted by atomic mass is 16.7. The Kier molecular flexibility index (Phi) is 10.5. The fourth-order valence-electron chi connectivity index (χ4n) is 3.20. The molecule has 0 aliphatic heterocycles. The summed E-state index contributed by atoms with van der Waals surface area (Å²) in [4.78, 5) is 13.3. The summed E-state index contributed by atoms with van der Waals surface area (Å²) in [5.41, 5.74) is 0.328. The third-order valence-electron chi connectivity index (χ3n) is 4.36. The first kappa shape index (κ1) is 24.4. The number of nitrogens with zero attached hydrogens (tertiary/aromatic N) is 1. The van der Waals surface area contributed by atoms with Crippen molar-refractivity contribution < 1.29 is 24.5 Å². The summed E-state index contributed by atoms with van der Waals surface area (Å²) in [5.74, 6) is 0. The number of carbonyl (C=O) groups is 1. The number of amides is 1. The lowest BCUT2D eigenvalue weighted by Crippen LogP contribution is -2.58. The molecule has 28 heavy (non-hydrogen) atoms. The summed E-state index contributed by atoms with van der Waals surface area (Å²) in [7, 11) is 0. The monoisotopic (exact) mass is 396 g/mol. The van der Waals surface area contributed by atoms with Crippen LogP contribution < -0.4 is 5.32 Å². The maximum absolute atomic E-state index is 12.0. The van der Waals surface area contributed by atoms with E-state index in [-0.39, 0.29) is 6.54 Å². The first-order valence-electron chi connectivity index (χ1n) is 9.88. The van der Waals surface area contributed by atoms with Gasteiger partial charge in [0.05, 0.1) is 12.1 Å². The Morgan fingerprint density at radius 1 is 1.11 bits per heavy atom. The molecule has 7 heteroatoms. The van der Waals surface area contributed by atoms with Crippen molar-refractivity contribution in [2.75, 3.05) is 26.3 Å². The van der Waals surface area contributed by atoms with Gasteiger partial charge in [-0.3, -0.25) is 4.90 Å². The topological polar surface area (TPSA) is 91.3 Å². The molecule has 1 aromatic rings. The number of hydrogen-bond donors (Lipinski definition) is 3. The Morgan fingerprint density at radius 3 is 2.14 bits per heavy atom. The van der Waals surface area contributed by atoms with Gasteiger partial charge in [-0.2, -0.15) is 0 Å². The van der Waals surface area contributed by atoms with Crippen LogP contribution in [0, 0.1) is 0 Å². The van der Waals surface area contributed by atoms with E-state index in [4.69, 9.17) is 9.47 Å². The minimum atomic E-state index is -1.05. The number of rotatable bonds is 12. The summed E-state index contributed by atoms with van der Waals surface area (Å²) in [6.45, 7) is 11.0. The molecule has 0 bridgehead atoms. The SMILES string of the molecule is CCOC(CNC[C@@H](O)[C@H](Cc1ccccc1)N(C(=O)O)C(C)(C)C)OCC. The van der Waals surface area contributed by atoms with Crippen LogP contribution in [0.25, 0.3) is 0 Å². The highest BCUT2D eigenvalue weighted by molar-refractivity contribution is 5.66. The van der Waals surface area contributed by atoms with Crippen molar-refractivity contribution in [3.63, 3.8) is 0 Å². The summed E-state index contributed by atoms with van der Waals surface area (Å²) in [6.07, 6.45) is -1.91. The number of carboxylic acid groups (broad SMARTS) is 1. The van der Waals surface area contributed by atoms with E-state index in [2.05, 4.69) is 5.32 Å². The quantitative estimate of drug-likeness (QED) is 0.471. The number of benzene rings is 1. The standard InChI is InChI=1S/C21H36N2O5/c1-6-27-19(28-7-2)15-22-14-18(24)17(13-16-11-9-8-10-12-16)23(20(25)26)21(3,4)5/h8-12,17-19,22,24H,6-7,13-15H2,1-5H3,(H,25,26)/t17-,18+/m0/s1. The molecule has 1 aromatic carbocycles. The number of ether oxygens (including phenoxy) is 2. The minimum Gasteiger partial charge on any atom is -0.465 e. The van der Waals surface area contributed by atoms with Crippen LogP contribution in [-0.4, -0.2) is 71.5 Å². The van der Waals surface area contributed by atoms with Gasteiger partial charge in [0.25, 0.3) is 0 Å². The molecule has 0 fully saturated rings. The predicted octanol–water partition coefficient (Wildman–Crippen LogP) is 2.73. The van der Waals surface area contributed by atoms with Crippen LogP contribution in [0.2, 0.25) is 0 Å². The van der Waals surface area contributed by atoms with E-state index in [0.717, 1.165) is 5.56 Å². The molecule has 7 nitrogen and oxygen atoms in total. The van der Waals surface area contributed by atoms with Crippen LogP contribution in [0.3, 0.4) is 0 Å². The molecular weight excluding hydrogens is 360 g/mol. The molecule has 0 aromatic heterocycles. The molecule has 0 saturated heterocycles. The maximum atomic E-state index is 12.0. The zero-order valence-electron chi connectivity index (χ0n) is 17.7. The third kappa shape index (κ3) is 8.14. The molecule has 0 spiro atoms. The second-order valence-corrected chi connectivity index (χ2v) is 7.65. The van der Waals surface area contributed by atoms with E-state index < -0.39 is 30.1 Å². The second-order valence-electron chi connectivity index (χ2n) is 7.65. The van der Waals surface area contributed by atoms with Gasteiger partial charge in [0.1, 0.15) is 0 Å². The molecule has 3 N–H and O–H groups in total. The zero-order valence-corrected chi connectivity index (χ0v) is 17.7. The van der Waals surface area contributed by atoms with Crippen LogP contribution >= 0.6 is 0 Å². The van der Waals surface area contributed by atoms with Gasteiger partial charge in [-0.15, -0.1) is 0 Å². The highest BCUT2D eigenvalue weighted by Gasteiger charge is 2.37. The molecule has 0 radical (unpaired) electrons. The molecule has 160 valence electrons. The summed E-state index contributed by atoms with van der Waals surface area (Å²) in [5, 5.41) is 23.8. The van der Waals surface area contributed by atoms with E-state index >= 15 is 0 Å². The predicted molar refractivity (Wildman–Crippen MR) is 109 cm³/mol. The average Bonchev–Trinajstić information content (AvgIpc) is 2.60. The zero-order chi connectivity index (χ0) is 21.2. The van der Waals surface area contributed by atoms with Gasteiger partial charge in [-0.05, 0) is 46.6 Å². The Morgan fingerprint density at radius 2 is 1.68 bits per heavy atom. The Bertz CT molecular complexity index is 556. The maximum Gasteiger partial charge on any atom is 0.408 e. The van der Waals surface area contributed by atoms with Crippen LogP contribution in [-0.2, 0) is 15.9 Å². The lowest BCUT2D eigenvalue weighted by molar-refractivity contribution is -0.133. The Balaban J connectivity index is 2.89. The first-order valence-corrected chi connectivity index (χ1v) is 9.88. The number of hydrogen-bond acceptors (Lipinski definition) is 5. The van der Waals surface area contributed by atoms with Gasteiger partial charge in [0.2, 0.25) is 0 Å². The minimum absolute atomic E-state index is 0.230. The molecule has 1 amide bonds. The first-order chi connectivity index (χ1) is 13.2. The highest BCUT2D eigenvalue weighted by Crippen LogP contribution is 2.22. The summed E-state index contributed by atoms with van der Waals surface area (Å²) < 4.78 is 11.0. The van der Waals surface area contributed by atoms with Crippen molar-refractivity contribution in [1.29, 1.82) is 0 Å². The molecule has 0 aliphatic carbocycles. The Hall–Kier alpha value is -1.67. The van der Waals surface area contributed by atoms with Gasteiger partial charge in [-0.25, -0.2) is 4.79 Å². The van der Waals surface area contributed by atoms with Crippen LogP contribution in [0.15, 0.2) is 30.3 Å². The molecule has 0 unspecified atom stereocenters. The number of nitrogens with one attached hydrogen (secondary N) is 1. The van der Waals surface area contributed by atoms with Crippen molar-refractivity contribution in [3.05, 3.63) is 35.9 Å². The van der Waals surface area contributed by atoms with Gasteiger partial charge >= 0.3 is 6.09 Å². The largest absolute Gasteiger partial charge is 0.465 e. The number of aliphatic hydroxyl groups is 1. The molecule has 1 rings (SSSR count). The fourth-order valence-corrected chi connectivity index (χ4v) is 3.20. The van der Waals surface area contributed by atoms with Gasteiger partial charge < -0.3 is 25.0 Å². The fraction of sp³-hybridized carbons (Fsp3) is 0.667. The van der Waals surface area contributed by atoms with E-state index in [9.17, 15) is 15.0 Å². The van der Waals surface area contributed by atoms with Crippen molar-refractivity contribution in [3.8, 4) is 0 Å². The molecule has 0 aliphatic rings. The second kappa shape index (κ2) is 12.0. The van der Waals surface area contributed by atoms with Gasteiger partial charge in [0, 0.05) is 31.8 Å². The van der Waals surface area contributed by atoms with E-state index in [1.54, 1.807) is 0 Å². The number of aliphatic hydroxyl groups excluding tert-OH is 1. The average molecular weight is 397 g/mol. The van der Waals surface area contributed by atoms with E-state index in [1.807, 2.05) is 65.0 Å². The molecule has 0 heterocycles. The van der Waals surface area contributed by atoms with Crippen molar-refractivity contribution >= 4 is 6.09 Å². The molecule has 0 saturated carbocycles. The summed E-state index contributed by atoms with van der Waals surface area (Å²) >= 11 is 0. The van der Waals surface area contributed by atoms with Gasteiger partial charge in [-0.1, -0.05) is 30.3 Å². The molecule has 2 atom stereocenters. The van der Waals surface area contributed by atoms with Crippen LogP contribution in [0.1, 0.15) is 40.2 Å². The Labute approximate surface area is 168 Å². The lowest BCUT2D eigenvalue weighted by atomic mass is 9.94. The van der Waals surface area contributed by atoms with E-state index in [0.29, 0.717) is 26.2 Å². The van der Waals surface area contributed by atoms with Crippen molar-refractivity contribution in [2.24, 2.45) is 0 Å². The molecular formula is C21H36N2O5. The van der Waals surface area contributed by atoms with Crippen molar-refractivity contribution in [2.45, 2.75) is 65.0 Å².